The van der Waals surface area contributed by atoms with Gasteiger partial charge in [-0.25, -0.2) is 0 Å². The van der Waals surface area contributed by atoms with Gasteiger partial charge in [0, 0.05) is 5.41 Å². The van der Waals surface area contributed by atoms with Crippen LogP contribution in [0.5, 0.6) is 0 Å². The maximum Gasteiger partial charge on any atom is 0.316 e. The lowest BCUT2D eigenvalue weighted by atomic mass is 9.45. The summed E-state index contributed by atoms with van der Waals surface area (Å²) in [5, 5.41) is 0.339. The zero-order valence-electron chi connectivity index (χ0n) is 21.3. The summed E-state index contributed by atoms with van der Waals surface area (Å²) < 4.78 is 6.26. The van der Waals surface area contributed by atoms with E-state index in [2.05, 4.69) is 50.5 Å². The molecule has 32 heavy (non-hydrogen) atoms. The Kier molecular flexibility index (Phi) is 6.12. The summed E-state index contributed by atoms with van der Waals surface area (Å²) in [6.45, 7) is 12.6. The molecule has 0 amide bonds. The molecule has 2 nitrogen and oxygen atoms in total. The number of fused-ring (bicyclic) bond motifs is 4. The van der Waals surface area contributed by atoms with Crippen LogP contribution in [0.2, 0.25) is 0 Å². The molecule has 0 saturated heterocycles. The minimum atomic E-state index is -0.0376. The number of hydrogen-bond acceptors (Lipinski definition) is 2. The monoisotopic (exact) mass is 506 g/mol. The second-order valence-electron chi connectivity index (χ2n) is 13.7. The van der Waals surface area contributed by atoms with Crippen molar-refractivity contribution < 1.29 is 9.53 Å². The zero-order valence-corrected chi connectivity index (χ0v) is 22.9. The van der Waals surface area contributed by atoms with Crippen LogP contribution in [0.25, 0.3) is 0 Å². The molecule has 0 bridgehead atoms. The molecule has 0 aliphatic heterocycles. The van der Waals surface area contributed by atoms with Gasteiger partial charge in [0.25, 0.3) is 0 Å². The molecule has 5 fully saturated rings. The number of ether oxygens (including phenoxy) is 1. The van der Waals surface area contributed by atoms with Gasteiger partial charge in [0.15, 0.2) is 0 Å². The van der Waals surface area contributed by atoms with Gasteiger partial charge < -0.3 is 4.74 Å². The SMILES string of the molecule is CC(C)CCC[C@H](C)[C@@H]1CC[C@@H]2[C@@H]3C[C@H](OC(=O)CBr)[C@]45C[C@H]4CC[C@]5(C)[C@@H]3CC[C@@]21C. The zero-order chi connectivity index (χ0) is 22.9. The standard InChI is InChI=1S/C29H47BrO2/c1-18(2)7-6-8-19(3)22-9-10-23-21-15-25(32-26(31)17-30)29-16-20(29)11-14-28(29,5)24(21)12-13-27(22,23)4/h18-25H,6-17H2,1-5H3/t19-,20+,21-,22-,23+,24+,25-,27+,28+,29-/m0/s1. The fourth-order valence-corrected chi connectivity index (χ4v) is 10.8. The molecule has 5 aliphatic rings. The van der Waals surface area contributed by atoms with Crippen LogP contribution < -0.4 is 0 Å². The highest BCUT2D eigenvalue weighted by atomic mass is 79.9. The van der Waals surface area contributed by atoms with Crippen molar-refractivity contribution in [3.8, 4) is 0 Å². The molecule has 5 aliphatic carbocycles. The highest BCUT2D eigenvalue weighted by Gasteiger charge is 2.78. The molecule has 1 spiro atoms. The molecule has 0 unspecified atom stereocenters. The third-order valence-corrected chi connectivity index (χ3v) is 12.6. The van der Waals surface area contributed by atoms with E-state index in [0.29, 0.717) is 21.6 Å². The lowest BCUT2D eigenvalue weighted by Crippen LogP contribution is -2.57. The first-order valence-corrected chi connectivity index (χ1v) is 15.0. The average Bonchev–Trinajstić information content (AvgIpc) is 3.26. The predicted octanol–water partition coefficient (Wildman–Crippen LogP) is 8.02. The molecule has 0 radical (unpaired) electrons. The smallest absolute Gasteiger partial charge is 0.316 e. The number of carbonyl (C=O) groups is 1. The Morgan fingerprint density at radius 3 is 2.50 bits per heavy atom. The summed E-state index contributed by atoms with van der Waals surface area (Å²) >= 11 is 3.36. The Morgan fingerprint density at radius 2 is 1.81 bits per heavy atom. The number of alkyl halides is 1. The summed E-state index contributed by atoms with van der Waals surface area (Å²) in [5.74, 6) is 5.84. The van der Waals surface area contributed by atoms with Crippen LogP contribution in [0.3, 0.4) is 0 Å². The van der Waals surface area contributed by atoms with Crippen molar-refractivity contribution in [1.82, 2.24) is 0 Å². The van der Waals surface area contributed by atoms with E-state index in [1.54, 1.807) is 0 Å². The van der Waals surface area contributed by atoms with Crippen molar-refractivity contribution in [2.45, 2.75) is 111 Å². The molecule has 10 atom stereocenters. The third-order valence-electron chi connectivity index (χ3n) is 12.1. The van der Waals surface area contributed by atoms with Gasteiger partial charge in [-0.3, -0.25) is 4.79 Å². The van der Waals surface area contributed by atoms with E-state index in [0.717, 1.165) is 47.8 Å². The average molecular weight is 508 g/mol. The van der Waals surface area contributed by atoms with Gasteiger partial charge in [-0.05, 0) is 104 Å². The Morgan fingerprint density at radius 1 is 1.03 bits per heavy atom. The van der Waals surface area contributed by atoms with Crippen molar-refractivity contribution in [1.29, 1.82) is 0 Å². The first-order valence-electron chi connectivity index (χ1n) is 13.9. The van der Waals surface area contributed by atoms with Crippen molar-refractivity contribution in [2.24, 2.45) is 57.7 Å². The minimum absolute atomic E-state index is 0.0376. The van der Waals surface area contributed by atoms with Gasteiger partial charge in [-0.15, -0.1) is 0 Å². The largest absolute Gasteiger partial charge is 0.461 e. The lowest BCUT2D eigenvalue weighted by molar-refractivity contribution is -0.181. The molecular weight excluding hydrogens is 460 g/mol. The minimum Gasteiger partial charge on any atom is -0.461 e. The molecule has 0 N–H and O–H groups in total. The summed E-state index contributed by atoms with van der Waals surface area (Å²) in [6, 6.07) is 0. The van der Waals surface area contributed by atoms with E-state index in [-0.39, 0.29) is 12.1 Å². The van der Waals surface area contributed by atoms with Gasteiger partial charge in [0.1, 0.15) is 11.4 Å². The predicted molar refractivity (Wildman–Crippen MR) is 135 cm³/mol. The molecule has 0 aromatic heterocycles. The van der Waals surface area contributed by atoms with Crippen LogP contribution >= 0.6 is 15.9 Å². The van der Waals surface area contributed by atoms with E-state index in [4.69, 9.17) is 4.74 Å². The lowest BCUT2D eigenvalue weighted by Gasteiger charge is -2.60. The molecule has 0 aromatic rings. The second kappa shape index (κ2) is 8.27. The number of halogens is 1. The van der Waals surface area contributed by atoms with E-state index < -0.39 is 0 Å². The van der Waals surface area contributed by atoms with E-state index >= 15 is 0 Å². The van der Waals surface area contributed by atoms with E-state index in [1.807, 2.05) is 0 Å². The highest BCUT2D eigenvalue weighted by molar-refractivity contribution is 9.09. The quantitative estimate of drug-likeness (QED) is 0.258. The number of esters is 1. The van der Waals surface area contributed by atoms with Crippen LogP contribution in [0.15, 0.2) is 0 Å². The second-order valence-corrected chi connectivity index (χ2v) is 14.2. The molecule has 0 aromatic carbocycles. The number of carbonyl (C=O) groups excluding carboxylic acids is 1. The van der Waals surface area contributed by atoms with E-state index in [9.17, 15) is 4.79 Å². The van der Waals surface area contributed by atoms with Crippen LogP contribution in [-0.2, 0) is 9.53 Å². The number of hydrogen-bond donors (Lipinski definition) is 0. The van der Waals surface area contributed by atoms with Crippen molar-refractivity contribution in [2.75, 3.05) is 5.33 Å². The Balaban J connectivity index is 1.37. The molecule has 5 rings (SSSR count). The van der Waals surface area contributed by atoms with Gasteiger partial charge in [0.2, 0.25) is 0 Å². The molecular formula is C29H47BrO2. The fourth-order valence-electron chi connectivity index (χ4n) is 10.6. The third kappa shape index (κ3) is 3.32. The van der Waals surface area contributed by atoms with Crippen molar-refractivity contribution in [3.05, 3.63) is 0 Å². The van der Waals surface area contributed by atoms with Gasteiger partial charge in [-0.1, -0.05) is 69.8 Å². The van der Waals surface area contributed by atoms with E-state index in [1.165, 1.54) is 64.2 Å². The van der Waals surface area contributed by atoms with Crippen molar-refractivity contribution in [3.63, 3.8) is 0 Å². The highest BCUT2D eigenvalue weighted by Crippen LogP contribution is 2.82. The van der Waals surface area contributed by atoms with Crippen molar-refractivity contribution >= 4 is 21.9 Å². The van der Waals surface area contributed by atoms with Gasteiger partial charge in [-0.2, -0.15) is 0 Å². The topological polar surface area (TPSA) is 26.3 Å². The van der Waals surface area contributed by atoms with Gasteiger partial charge in [0.05, 0.1) is 0 Å². The Bertz CT molecular complexity index is 735. The van der Waals surface area contributed by atoms with Crippen LogP contribution in [0, 0.1) is 57.7 Å². The van der Waals surface area contributed by atoms with Crippen LogP contribution in [0.1, 0.15) is 105 Å². The van der Waals surface area contributed by atoms with Crippen LogP contribution in [-0.4, -0.2) is 17.4 Å². The molecule has 182 valence electrons. The molecule has 5 saturated carbocycles. The number of rotatable bonds is 7. The summed E-state index contributed by atoms with van der Waals surface area (Å²) in [4.78, 5) is 12.4. The maximum absolute atomic E-state index is 12.4. The maximum atomic E-state index is 12.4. The van der Waals surface area contributed by atoms with Crippen LogP contribution in [0.4, 0.5) is 0 Å². The van der Waals surface area contributed by atoms with Gasteiger partial charge >= 0.3 is 5.97 Å². The fraction of sp³-hybridized carbons (Fsp3) is 0.966. The first-order chi connectivity index (χ1) is 15.2. The summed E-state index contributed by atoms with van der Waals surface area (Å²) in [5.41, 5.74) is 1.23. The summed E-state index contributed by atoms with van der Waals surface area (Å²) in [7, 11) is 0. The Labute approximate surface area is 205 Å². The normalized spacial score (nSPS) is 49.7. The summed E-state index contributed by atoms with van der Waals surface area (Å²) in [6.07, 6.45) is 15.3. The molecule has 3 heteroatoms. The Hall–Kier alpha value is -0.0500. The first kappa shape index (κ1) is 23.7. The molecule has 0 heterocycles.